The molecule has 5 unspecified atom stereocenters. The summed E-state index contributed by atoms with van der Waals surface area (Å²) in [5.74, 6) is -1.80. The Morgan fingerprint density at radius 1 is 1.46 bits per heavy atom. The average Bonchev–Trinajstić information content (AvgIpc) is 3.27. The lowest BCUT2D eigenvalue weighted by Gasteiger charge is -2.39. The van der Waals surface area contributed by atoms with Crippen LogP contribution in [0, 0.1) is 11.8 Å². The first-order valence-electron chi connectivity index (χ1n) is 9.37. The van der Waals surface area contributed by atoms with Crippen molar-refractivity contribution < 1.29 is 29.0 Å². The average molecular weight is 392 g/mol. The van der Waals surface area contributed by atoms with Gasteiger partial charge in [-0.1, -0.05) is 0 Å². The quantitative estimate of drug-likeness (QED) is 0.367. The van der Waals surface area contributed by atoms with Crippen LogP contribution in [0.3, 0.4) is 0 Å². The lowest BCUT2D eigenvalue weighted by Crippen LogP contribution is -2.54. The molecule has 2 saturated heterocycles. The van der Waals surface area contributed by atoms with Crippen LogP contribution in [0.15, 0.2) is 16.3 Å². The molecule has 2 fully saturated rings. The summed E-state index contributed by atoms with van der Waals surface area (Å²) in [7, 11) is 1.54. The third-order valence-corrected chi connectivity index (χ3v) is 6.16. The summed E-state index contributed by atoms with van der Waals surface area (Å²) in [6.07, 6.45) is -0.480. The Kier molecular flexibility index (Phi) is 4.52. The molecule has 28 heavy (non-hydrogen) atoms. The van der Waals surface area contributed by atoms with Gasteiger partial charge >= 0.3 is 6.09 Å². The number of amides is 1. The monoisotopic (exact) mass is 392 g/mol. The number of ether oxygens (including phenoxy) is 2. The molecule has 0 aromatic rings. The molecule has 1 amide bonds. The molecule has 10 nitrogen and oxygen atoms in total. The molecule has 0 bridgehead atoms. The van der Waals surface area contributed by atoms with Crippen molar-refractivity contribution >= 4 is 23.4 Å². The Morgan fingerprint density at radius 3 is 2.86 bits per heavy atom. The van der Waals surface area contributed by atoms with Crippen LogP contribution < -0.4 is 11.1 Å². The van der Waals surface area contributed by atoms with Crippen LogP contribution in [0.1, 0.15) is 13.3 Å². The molecule has 0 radical (unpaired) electrons. The van der Waals surface area contributed by atoms with Crippen LogP contribution in [0.5, 0.6) is 0 Å². The number of piperazine rings is 1. The largest absolute Gasteiger partial charge is 0.450 e. The number of carbonyl (C=O) groups is 3. The highest BCUT2D eigenvalue weighted by atomic mass is 16.5. The molecule has 1 aliphatic carbocycles. The second-order valence-electron chi connectivity index (χ2n) is 7.52. The van der Waals surface area contributed by atoms with Gasteiger partial charge < -0.3 is 30.5 Å². The molecule has 0 saturated carbocycles. The number of ketones is 2. The summed E-state index contributed by atoms with van der Waals surface area (Å²) in [4.78, 5) is 43.2. The third kappa shape index (κ3) is 2.44. The molecule has 0 aromatic heterocycles. The van der Waals surface area contributed by atoms with Crippen molar-refractivity contribution in [1.82, 2.24) is 10.2 Å². The number of aliphatic hydroxyl groups is 1. The topological polar surface area (TPSA) is 153 Å². The van der Waals surface area contributed by atoms with Crippen molar-refractivity contribution in [3.8, 4) is 0 Å². The van der Waals surface area contributed by atoms with Crippen molar-refractivity contribution in [2.24, 2.45) is 22.6 Å². The molecule has 3 aliphatic heterocycles. The molecular weight excluding hydrogens is 368 g/mol. The number of aliphatic hydroxyl groups excluding tert-OH is 1. The number of rotatable bonds is 6. The Balaban J connectivity index is 1.63. The number of carbonyl (C=O) groups excluding carboxylic acids is 3. The van der Waals surface area contributed by atoms with Gasteiger partial charge in [-0.15, -0.1) is 0 Å². The fourth-order valence-corrected chi connectivity index (χ4v) is 4.88. The zero-order valence-electron chi connectivity index (χ0n) is 15.8. The molecule has 10 heteroatoms. The highest BCUT2D eigenvalue weighted by Crippen LogP contribution is 2.55. The Hall–Kier alpha value is -2.30. The second-order valence-corrected chi connectivity index (χ2v) is 7.52. The van der Waals surface area contributed by atoms with Crippen molar-refractivity contribution in [3.63, 3.8) is 0 Å². The number of allylic oxidation sites excluding steroid dienone is 1. The predicted molar refractivity (Wildman–Crippen MR) is 96.4 cm³/mol. The first-order chi connectivity index (χ1) is 13.4. The Morgan fingerprint density at radius 2 is 2.21 bits per heavy atom. The maximum atomic E-state index is 13.3. The molecule has 0 spiro atoms. The molecule has 152 valence electrons. The van der Waals surface area contributed by atoms with E-state index < -0.39 is 23.7 Å². The predicted octanol–water partition coefficient (Wildman–Crippen LogP) is -1.42. The van der Waals surface area contributed by atoms with Gasteiger partial charge in [0, 0.05) is 38.2 Å². The minimum Gasteiger partial charge on any atom is -0.450 e. The van der Waals surface area contributed by atoms with Crippen molar-refractivity contribution in [2.75, 3.05) is 33.4 Å². The number of aliphatic imine (C=N–C) groups is 1. The van der Waals surface area contributed by atoms with Crippen molar-refractivity contribution in [2.45, 2.75) is 31.2 Å². The molecular formula is C18H24N4O6. The summed E-state index contributed by atoms with van der Waals surface area (Å²) in [6.45, 7) is 2.24. The van der Waals surface area contributed by atoms with E-state index in [-0.39, 0.29) is 49.1 Å². The number of methoxy groups -OCH3 is 1. The summed E-state index contributed by atoms with van der Waals surface area (Å²) in [5.41, 5.74) is 4.83. The number of Topliss-reactive ketones (excluding diaryl/α,β-unsaturated/α-hetero) is 2. The highest BCUT2D eigenvalue weighted by Gasteiger charge is 2.72. The summed E-state index contributed by atoms with van der Waals surface area (Å²) < 4.78 is 10.5. The van der Waals surface area contributed by atoms with Crippen LogP contribution in [0.4, 0.5) is 4.79 Å². The van der Waals surface area contributed by atoms with E-state index in [4.69, 9.17) is 10.5 Å². The van der Waals surface area contributed by atoms with E-state index >= 15 is 0 Å². The van der Waals surface area contributed by atoms with Crippen LogP contribution in [0.25, 0.3) is 0 Å². The van der Waals surface area contributed by atoms with E-state index in [1.165, 1.54) is 0 Å². The van der Waals surface area contributed by atoms with E-state index in [0.29, 0.717) is 24.2 Å². The SMILES string of the molecule is COC12C(CO)C3=C(C(=O)C(C)C(=NCCCOC(N)=O)C3=O)N1CC1NC12. The van der Waals surface area contributed by atoms with Gasteiger partial charge in [0.05, 0.1) is 42.5 Å². The van der Waals surface area contributed by atoms with Gasteiger partial charge in [-0.25, -0.2) is 4.79 Å². The maximum absolute atomic E-state index is 13.3. The Bertz CT molecular complexity index is 808. The fourth-order valence-electron chi connectivity index (χ4n) is 4.88. The lowest BCUT2D eigenvalue weighted by molar-refractivity contribution is -0.138. The fraction of sp³-hybridized carbons (Fsp3) is 0.667. The first kappa shape index (κ1) is 19.0. The summed E-state index contributed by atoms with van der Waals surface area (Å²) in [6, 6.07) is 0.170. The second kappa shape index (κ2) is 6.64. The molecule has 0 aromatic carbocycles. The van der Waals surface area contributed by atoms with E-state index in [1.54, 1.807) is 14.0 Å². The van der Waals surface area contributed by atoms with E-state index in [2.05, 4.69) is 15.0 Å². The van der Waals surface area contributed by atoms with Crippen LogP contribution in [0.2, 0.25) is 0 Å². The molecule has 4 rings (SSSR count). The third-order valence-electron chi connectivity index (χ3n) is 6.16. The maximum Gasteiger partial charge on any atom is 0.404 e. The van der Waals surface area contributed by atoms with Crippen LogP contribution >= 0.6 is 0 Å². The number of nitrogens with one attached hydrogen (secondary N) is 1. The number of primary amides is 1. The first-order valence-corrected chi connectivity index (χ1v) is 9.37. The minimum absolute atomic E-state index is 0.0255. The van der Waals surface area contributed by atoms with E-state index in [9.17, 15) is 19.5 Å². The highest BCUT2D eigenvalue weighted by molar-refractivity contribution is 6.53. The van der Waals surface area contributed by atoms with Gasteiger partial charge in [-0.2, -0.15) is 0 Å². The summed E-state index contributed by atoms with van der Waals surface area (Å²) >= 11 is 0. The number of hydrogen-bond donors (Lipinski definition) is 3. The van der Waals surface area contributed by atoms with Gasteiger partial charge in [0.2, 0.25) is 5.78 Å². The van der Waals surface area contributed by atoms with E-state index in [1.807, 2.05) is 4.90 Å². The zero-order chi connectivity index (χ0) is 20.2. The number of nitrogens with zero attached hydrogens (tertiary/aromatic N) is 2. The summed E-state index contributed by atoms with van der Waals surface area (Å²) in [5, 5.41) is 13.4. The van der Waals surface area contributed by atoms with Crippen LogP contribution in [-0.4, -0.2) is 84.6 Å². The Labute approximate surface area is 161 Å². The smallest absolute Gasteiger partial charge is 0.404 e. The van der Waals surface area contributed by atoms with Gasteiger partial charge in [-0.05, 0) is 6.92 Å². The van der Waals surface area contributed by atoms with Crippen LogP contribution in [-0.2, 0) is 19.1 Å². The minimum atomic E-state index is -0.917. The van der Waals surface area contributed by atoms with Gasteiger partial charge in [-0.3, -0.25) is 14.6 Å². The van der Waals surface area contributed by atoms with Gasteiger partial charge in [0.25, 0.3) is 0 Å². The molecule has 4 N–H and O–H groups in total. The standard InChI is InChI=1S/C18H24N4O6/c1-8-12(20-4-3-5-28-17(19)26)15(25)11-9(7-23)18(27-2)16-10(21-16)6-22(18)13(11)14(8)24/h8-10,16,21,23H,3-7H2,1-2H3,(H2,19,26). The molecule has 5 atom stereocenters. The number of fused-ring (bicyclic) bond motifs is 4. The van der Waals surface area contributed by atoms with Gasteiger partial charge in [0.15, 0.2) is 11.5 Å². The molecule has 3 heterocycles. The number of hydrogen-bond acceptors (Lipinski definition) is 9. The number of nitrogens with two attached hydrogens (primary N) is 1. The molecule has 4 aliphatic rings. The lowest BCUT2D eigenvalue weighted by atomic mass is 9.78. The zero-order valence-corrected chi connectivity index (χ0v) is 15.8. The van der Waals surface area contributed by atoms with Crippen molar-refractivity contribution in [1.29, 1.82) is 0 Å². The van der Waals surface area contributed by atoms with Crippen molar-refractivity contribution in [3.05, 3.63) is 11.3 Å². The van der Waals surface area contributed by atoms with E-state index in [0.717, 1.165) is 0 Å². The normalized spacial score (nSPS) is 37.2. The van der Waals surface area contributed by atoms with Gasteiger partial charge in [0.1, 0.15) is 0 Å².